The predicted octanol–water partition coefficient (Wildman–Crippen LogP) is 3.51. The molecule has 1 N–H and O–H groups in total. The number of carbonyl (C=O) groups is 1. The highest BCUT2D eigenvalue weighted by molar-refractivity contribution is 9.08. The van der Waals surface area contributed by atoms with Gasteiger partial charge in [-0.25, -0.2) is 4.79 Å². The predicted molar refractivity (Wildman–Crippen MR) is 65.0 cm³/mol. The van der Waals surface area contributed by atoms with Gasteiger partial charge in [0.1, 0.15) is 0 Å². The normalized spacial score (nSPS) is 10.5. The molecule has 0 atom stereocenters. The molecular formula is C12H15BrO2. The van der Waals surface area contributed by atoms with Crippen LogP contribution in [0.25, 0.3) is 0 Å². The van der Waals surface area contributed by atoms with E-state index in [4.69, 9.17) is 0 Å². The number of hydrogen-bond acceptors (Lipinski definition) is 1. The van der Waals surface area contributed by atoms with Crippen LogP contribution in [-0.4, -0.2) is 11.1 Å². The van der Waals surface area contributed by atoms with Crippen molar-refractivity contribution in [2.45, 2.75) is 33.0 Å². The Bertz CT molecular complexity index is 422. The molecule has 0 saturated heterocycles. The van der Waals surface area contributed by atoms with E-state index in [-0.39, 0.29) is 0 Å². The summed E-state index contributed by atoms with van der Waals surface area (Å²) in [5, 5.41) is 9.78. The third-order valence-corrected chi connectivity index (χ3v) is 3.73. The maximum atomic E-state index is 11.2. The van der Waals surface area contributed by atoms with Crippen LogP contribution in [0.5, 0.6) is 0 Å². The van der Waals surface area contributed by atoms with Gasteiger partial charge in [0.25, 0.3) is 0 Å². The lowest BCUT2D eigenvalue weighted by molar-refractivity contribution is 0.0695. The largest absolute Gasteiger partial charge is 0.478 e. The molecule has 0 aromatic heterocycles. The first-order valence-corrected chi connectivity index (χ1v) is 5.92. The number of carboxylic acids is 1. The molecule has 0 aliphatic heterocycles. The van der Waals surface area contributed by atoms with Crippen molar-refractivity contribution in [2.75, 3.05) is 0 Å². The van der Waals surface area contributed by atoms with Crippen LogP contribution in [0, 0.1) is 27.7 Å². The van der Waals surface area contributed by atoms with Crippen molar-refractivity contribution in [3.05, 3.63) is 33.4 Å². The molecule has 1 rings (SSSR count). The van der Waals surface area contributed by atoms with Crippen LogP contribution in [-0.2, 0) is 5.33 Å². The Morgan fingerprint density at radius 1 is 1.07 bits per heavy atom. The van der Waals surface area contributed by atoms with Gasteiger partial charge in [-0.2, -0.15) is 0 Å². The standard InChI is InChI=1S/C12H15BrO2/c1-6-7(2)9(4)11(12(14)15)10(5-13)8(6)3/h5H2,1-4H3,(H,14,15). The van der Waals surface area contributed by atoms with Gasteiger partial charge in [0.15, 0.2) is 0 Å². The smallest absolute Gasteiger partial charge is 0.336 e. The molecule has 1 aromatic carbocycles. The van der Waals surface area contributed by atoms with Crippen molar-refractivity contribution < 1.29 is 9.90 Å². The summed E-state index contributed by atoms with van der Waals surface area (Å²) in [6.07, 6.45) is 0. The number of rotatable bonds is 2. The minimum Gasteiger partial charge on any atom is -0.478 e. The number of alkyl halides is 1. The molecule has 2 nitrogen and oxygen atoms in total. The Labute approximate surface area is 98.4 Å². The quantitative estimate of drug-likeness (QED) is 0.836. The molecule has 0 heterocycles. The minimum absolute atomic E-state index is 0.451. The van der Waals surface area contributed by atoms with E-state index in [1.165, 1.54) is 5.56 Å². The molecule has 0 aliphatic rings. The van der Waals surface area contributed by atoms with Gasteiger partial charge in [-0.1, -0.05) is 15.9 Å². The van der Waals surface area contributed by atoms with Crippen LogP contribution in [0.1, 0.15) is 38.2 Å². The van der Waals surface area contributed by atoms with E-state index in [0.717, 1.165) is 22.3 Å². The van der Waals surface area contributed by atoms with Gasteiger partial charge >= 0.3 is 5.97 Å². The molecule has 1 aromatic rings. The van der Waals surface area contributed by atoms with Crippen LogP contribution >= 0.6 is 15.9 Å². The van der Waals surface area contributed by atoms with Crippen LogP contribution in [0.4, 0.5) is 0 Å². The number of halogens is 1. The van der Waals surface area contributed by atoms with E-state index in [9.17, 15) is 9.90 Å². The lowest BCUT2D eigenvalue weighted by Crippen LogP contribution is -2.09. The van der Waals surface area contributed by atoms with Crippen LogP contribution in [0.15, 0.2) is 0 Å². The van der Waals surface area contributed by atoms with Gasteiger partial charge in [0.2, 0.25) is 0 Å². The van der Waals surface area contributed by atoms with E-state index in [1.807, 2.05) is 27.7 Å². The summed E-state index contributed by atoms with van der Waals surface area (Å²) < 4.78 is 0. The van der Waals surface area contributed by atoms with Crippen LogP contribution in [0.3, 0.4) is 0 Å². The first-order chi connectivity index (χ1) is 6.91. The molecule has 0 amide bonds. The zero-order chi connectivity index (χ0) is 11.7. The van der Waals surface area contributed by atoms with Crippen LogP contribution in [0.2, 0.25) is 0 Å². The molecule has 0 saturated carbocycles. The fourth-order valence-corrected chi connectivity index (χ4v) is 2.55. The summed E-state index contributed by atoms with van der Waals surface area (Å²) >= 11 is 3.36. The van der Waals surface area contributed by atoms with Gasteiger partial charge in [-0.15, -0.1) is 0 Å². The number of benzene rings is 1. The topological polar surface area (TPSA) is 37.3 Å². The Balaban J connectivity index is 3.70. The van der Waals surface area contributed by atoms with Crippen molar-refractivity contribution in [1.29, 1.82) is 0 Å². The van der Waals surface area contributed by atoms with Crippen molar-refractivity contribution in [3.8, 4) is 0 Å². The molecule has 15 heavy (non-hydrogen) atoms. The summed E-state index contributed by atoms with van der Waals surface area (Å²) in [4.78, 5) is 11.2. The Hall–Kier alpha value is -0.830. The first-order valence-electron chi connectivity index (χ1n) is 4.80. The second kappa shape index (κ2) is 4.35. The van der Waals surface area contributed by atoms with Gasteiger partial charge in [-0.3, -0.25) is 0 Å². The highest BCUT2D eigenvalue weighted by atomic mass is 79.9. The Morgan fingerprint density at radius 3 is 1.93 bits per heavy atom. The zero-order valence-corrected chi connectivity index (χ0v) is 11.0. The third kappa shape index (κ3) is 1.93. The lowest BCUT2D eigenvalue weighted by Gasteiger charge is -2.16. The van der Waals surface area contributed by atoms with Crippen molar-refractivity contribution in [2.24, 2.45) is 0 Å². The highest BCUT2D eigenvalue weighted by Gasteiger charge is 2.18. The molecule has 0 aliphatic carbocycles. The average molecular weight is 271 g/mol. The fraction of sp³-hybridized carbons (Fsp3) is 0.417. The van der Waals surface area contributed by atoms with E-state index >= 15 is 0 Å². The molecular weight excluding hydrogens is 256 g/mol. The molecule has 0 spiro atoms. The maximum absolute atomic E-state index is 11.2. The maximum Gasteiger partial charge on any atom is 0.336 e. The number of hydrogen-bond donors (Lipinski definition) is 1. The van der Waals surface area contributed by atoms with Crippen LogP contribution < -0.4 is 0 Å². The first kappa shape index (κ1) is 12.2. The fourth-order valence-electron chi connectivity index (χ4n) is 1.85. The number of carboxylic acid groups (broad SMARTS) is 1. The number of aromatic carboxylic acids is 1. The summed E-state index contributed by atoms with van der Waals surface area (Å²) in [6.45, 7) is 7.86. The Morgan fingerprint density at radius 2 is 1.53 bits per heavy atom. The SMILES string of the molecule is Cc1c(C)c(C)c(C(=O)O)c(CBr)c1C. The molecule has 0 radical (unpaired) electrons. The molecule has 0 bridgehead atoms. The lowest BCUT2D eigenvalue weighted by atomic mass is 9.90. The Kier molecular flexibility index (Phi) is 3.55. The summed E-state index contributed by atoms with van der Waals surface area (Å²) in [5.41, 5.74) is 5.56. The van der Waals surface area contributed by atoms with Crippen molar-refractivity contribution in [3.63, 3.8) is 0 Å². The molecule has 3 heteroatoms. The second-order valence-electron chi connectivity index (χ2n) is 3.79. The van der Waals surface area contributed by atoms with Gasteiger partial charge in [0, 0.05) is 5.33 Å². The average Bonchev–Trinajstić information content (AvgIpc) is 2.19. The second-order valence-corrected chi connectivity index (χ2v) is 4.35. The molecule has 0 unspecified atom stereocenters. The highest BCUT2D eigenvalue weighted by Crippen LogP contribution is 2.28. The van der Waals surface area contributed by atoms with E-state index in [0.29, 0.717) is 10.9 Å². The summed E-state index contributed by atoms with van der Waals surface area (Å²) in [6, 6.07) is 0. The summed E-state index contributed by atoms with van der Waals surface area (Å²) in [5.74, 6) is -0.840. The van der Waals surface area contributed by atoms with Gasteiger partial charge in [-0.05, 0) is 55.5 Å². The molecule has 82 valence electrons. The van der Waals surface area contributed by atoms with Gasteiger partial charge < -0.3 is 5.11 Å². The molecule has 0 fully saturated rings. The monoisotopic (exact) mass is 270 g/mol. The third-order valence-electron chi connectivity index (χ3n) is 3.16. The minimum atomic E-state index is -0.840. The van der Waals surface area contributed by atoms with Gasteiger partial charge in [0.05, 0.1) is 5.56 Å². The van der Waals surface area contributed by atoms with E-state index < -0.39 is 5.97 Å². The van der Waals surface area contributed by atoms with Crippen molar-refractivity contribution in [1.82, 2.24) is 0 Å². The van der Waals surface area contributed by atoms with E-state index in [1.54, 1.807) is 0 Å². The van der Waals surface area contributed by atoms with Crippen molar-refractivity contribution >= 4 is 21.9 Å². The van der Waals surface area contributed by atoms with E-state index in [2.05, 4.69) is 15.9 Å². The summed E-state index contributed by atoms with van der Waals surface area (Å²) in [7, 11) is 0. The zero-order valence-electron chi connectivity index (χ0n) is 9.44.